The van der Waals surface area contributed by atoms with E-state index >= 15 is 0 Å². The number of rotatable bonds is 6. The Kier molecular flexibility index (Phi) is 6.08. The standard InChI is InChI=1S/C24H24N2O4S/c1-3-29-22-13-11-21(12-14-22)25-18-17-24(20-7-5-4-6-8-20)30-26(25)31(27,28)23-15-9-19(2)10-16-23/h4-18,24H,3H2,1-2H3. The topological polar surface area (TPSA) is 59.1 Å². The summed E-state index contributed by atoms with van der Waals surface area (Å²) in [6, 6.07) is 23.4. The number of hydrogen-bond acceptors (Lipinski definition) is 5. The van der Waals surface area contributed by atoms with E-state index in [0.717, 1.165) is 15.7 Å². The van der Waals surface area contributed by atoms with Crippen molar-refractivity contribution in [2.75, 3.05) is 11.6 Å². The number of sulfonamides is 1. The molecule has 31 heavy (non-hydrogen) atoms. The Hall–Kier alpha value is -3.13. The first-order valence-corrected chi connectivity index (χ1v) is 11.5. The summed E-state index contributed by atoms with van der Waals surface area (Å²) in [6.45, 7) is 4.38. The molecule has 0 saturated carbocycles. The van der Waals surface area contributed by atoms with Crippen molar-refractivity contribution in [3.63, 3.8) is 0 Å². The van der Waals surface area contributed by atoms with Crippen LogP contribution < -0.4 is 9.75 Å². The zero-order chi connectivity index (χ0) is 21.8. The number of hydrazine groups is 1. The minimum absolute atomic E-state index is 0.149. The Morgan fingerprint density at radius 2 is 1.61 bits per heavy atom. The third kappa shape index (κ3) is 4.49. The molecule has 0 N–H and O–H groups in total. The van der Waals surface area contributed by atoms with E-state index in [1.54, 1.807) is 54.7 Å². The van der Waals surface area contributed by atoms with Crippen molar-refractivity contribution in [3.05, 3.63) is 102 Å². The maximum absolute atomic E-state index is 13.5. The molecule has 1 unspecified atom stereocenters. The van der Waals surface area contributed by atoms with Gasteiger partial charge in [0.05, 0.1) is 17.2 Å². The molecule has 4 rings (SSSR count). The molecule has 3 aromatic carbocycles. The van der Waals surface area contributed by atoms with Crippen LogP contribution in [0, 0.1) is 6.92 Å². The summed E-state index contributed by atoms with van der Waals surface area (Å²) in [4.78, 5) is 6.17. The largest absolute Gasteiger partial charge is 0.494 e. The summed E-state index contributed by atoms with van der Waals surface area (Å²) < 4.78 is 33.5. The third-order valence-corrected chi connectivity index (χ3v) is 6.39. The fourth-order valence-corrected chi connectivity index (χ4v) is 4.47. The van der Waals surface area contributed by atoms with E-state index in [1.807, 2.05) is 50.3 Å². The molecule has 0 spiro atoms. The molecule has 3 aromatic rings. The summed E-state index contributed by atoms with van der Waals surface area (Å²) in [5.41, 5.74) is 2.46. The SMILES string of the molecule is CCOc1ccc(N2C=CC(c3ccccc3)ON2S(=O)(=O)c2ccc(C)cc2)cc1. The highest BCUT2D eigenvalue weighted by atomic mass is 32.2. The van der Waals surface area contributed by atoms with Crippen LogP contribution in [0.3, 0.4) is 0 Å². The van der Waals surface area contributed by atoms with Crippen molar-refractivity contribution in [3.8, 4) is 5.75 Å². The number of ether oxygens (including phenoxy) is 1. The first-order chi connectivity index (χ1) is 15.0. The second kappa shape index (κ2) is 8.93. The predicted molar refractivity (Wildman–Crippen MR) is 120 cm³/mol. The maximum Gasteiger partial charge on any atom is 0.283 e. The molecule has 6 nitrogen and oxygen atoms in total. The molecule has 1 aliphatic heterocycles. The van der Waals surface area contributed by atoms with Gasteiger partial charge >= 0.3 is 0 Å². The van der Waals surface area contributed by atoms with Crippen LogP contribution in [-0.2, 0) is 14.9 Å². The molecule has 1 heterocycles. The Balaban J connectivity index is 1.74. The molecule has 0 aliphatic carbocycles. The molecule has 7 heteroatoms. The Bertz CT molecular complexity index is 1140. The minimum Gasteiger partial charge on any atom is -0.494 e. The van der Waals surface area contributed by atoms with Crippen molar-refractivity contribution in [2.24, 2.45) is 0 Å². The lowest BCUT2D eigenvalue weighted by Crippen LogP contribution is -2.46. The van der Waals surface area contributed by atoms with Gasteiger partial charge in [-0.25, -0.2) is 13.4 Å². The first-order valence-electron chi connectivity index (χ1n) is 10.0. The van der Waals surface area contributed by atoms with E-state index in [-0.39, 0.29) is 4.90 Å². The molecule has 0 saturated heterocycles. The van der Waals surface area contributed by atoms with Crippen LogP contribution in [0.5, 0.6) is 5.75 Å². The Morgan fingerprint density at radius 1 is 0.935 bits per heavy atom. The molecule has 0 aromatic heterocycles. The van der Waals surface area contributed by atoms with E-state index < -0.39 is 16.1 Å². The average Bonchev–Trinajstić information content (AvgIpc) is 2.80. The zero-order valence-electron chi connectivity index (χ0n) is 17.4. The van der Waals surface area contributed by atoms with Crippen molar-refractivity contribution >= 4 is 15.7 Å². The van der Waals surface area contributed by atoms with Crippen molar-refractivity contribution < 1.29 is 18.0 Å². The lowest BCUT2D eigenvalue weighted by molar-refractivity contribution is -0.127. The first kappa shape index (κ1) is 21.1. The van der Waals surface area contributed by atoms with Gasteiger partial charge in [0.1, 0.15) is 11.9 Å². The van der Waals surface area contributed by atoms with Gasteiger partial charge in [-0.15, -0.1) is 0 Å². The summed E-state index contributed by atoms with van der Waals surface area (Å²) in [7, 11) is -3.98. The normalized spacial score (nSPS) is 17.0. The van der Waals surface area contributed by atoms with Gasteiger partial charge < -0.3 is 4.74 Å². The fourth-order valence-electron chi connectivity index (χ4n) is 3.23. The molecule has 0 fully saturated rings. The lowest BCUT2D eigenvalue weighted by atomic mass is 10.1. The van der Waals surface area contributed by atoms with E-state index in [9.17, 15) is 8.42 Å². The lowest BCUT2D eigenvalue weighted by Gasteiger charge is -2.37. The Morgan fingerprint density at radius 3 is 2.26 bits per heavy atom. The maximum atomic E-state index is 13.5. The van der Waals surface area contributed by atoms with Crippen LogP contribution in [0.1, 0.15) is 24.2 Å². The van der Waals surface area contributed by atoms with E-state index in [1.165, 1.54) is 5.01 Å². The molecule has 0 bridgehead atoms. The second-order valence-electron chi connectivity index (χ2n) is 7.08. The highest BCUT2D eigenvalue weighted by Gasteiger charge is 2.36. The van der Waals surface area contributed by atoms with Gasteiger partial charge in [-0.2, -0.15) is 0 Å². The predicted octanol–water partition coefficient (Wildman–Crippen LogP) is 5.01. The van der Waals surface area contributed by atoms with Gasteiger partial charge in [-0.1, -0.05) is 48.0 Å². The molecule has 160 valence electrons. The quantitative estimate of drug-likeness (QED) is 0.544. The van der Waals surface area contributed by atoms with Gasteiger partial charge in [0.15, 0.2) is 0 Å². The van der Waals surface area contributed by atoms with Gasteiger partial charge in [0.2, 0.25) is 0 Å². The van der Waals surface area contributed by atoms with Crippen molar-refractivity contribution in [2.45, 2.75) is 24.8 Å². The molecule has 0 amide bonds. The minimum atomic E-state index is -3.98. The molecular weight excluding hydrogens is 412 g/mol. The summed E-state index contributed by atoms with van der Waals surface area (Å²) in [5, 5.41) is 1.48. The highest BCUT2D eigenvalue weighted by molar-refractivity contribution is 7.89. The zero-order valence-corrected chi connectivity index (χ0v) is 18.2. The number of aryl methyl sites for hydroxylation is 1. The highest BCUT2D eigenvalue weighted by Crippen LogP contribution is 2.33. The van der Waals surface area contributed by atoms with E-state index in [0.29, 0.717) is 18.0 Å². The van der Waals surface area contributed by atoms with Crippen LogP contribution >= 0.6 is 0 Å². The molecule has 0 radical (unpaired) electrons. The smallest absolute Gasteiger partial charge is 0.283 e. The number of nitrogens with zero attached hydrogens (tertiary/aromatic N) is 2. The van der Waals surface area contributed by atoms with Crippen molar-refractivity contribution in [1.29, 1.82) is 0 Å². The molecule has 1 atom stereocenters. The van der Waals surface area contributed by atoms with Crippen molar-refractivity contribution in [1.82, 2.24) is 4.58 Å². The number of hydrogen-bond donors (Lipinski definition) is 0. The third-order valence-electron chi connectivity index (χ3n) is 4.85. The van der Waals surface area contributed by atoms with Gasteiger partial charge in [-0.3, -0.25) is 4.84 Å². The van der Waals surface area contributed by atoms with Crippen LogP contribution in [0.15, 0.2) is 96.0 Å². The van der Waals surface area contributed by atoms with Gasteiger partial charge in [0.25, 0.3) is 10.0 Å². The molecule has 1 aliphatic rings. The summed E-state index contributed by atoms with van der Waals surface area (Å²) >= 11 is 0. The van der Waals surface area contributed by atoms with Crippen LogP contribution in [0.25, 0.3) is 0 Å². The van der Waals surface area contributed by atoms with Gasteiger partial charge in [-0.05, 0) is 61.9 Å². The summed E-state index contributed by atoms with van der Waals surface area (Å²) in [5.74, 6) is 0.711. The number of benzene rings is 3. The molecular formula is C24H24N2O4S. The number of anilines is 1. The summed E-state index contributed by atoms with van der Waals surface area (Å²) in [6.07, 6.45) is 3.00. The van der Waals surface area contributed by atoms with Gasteiger partial charge in [0, 0.05) is 10.8 Å². The average molecular weight is 437 g/mol. The van der Waals surface area contributed by atoms with Crippen LogP contribution in [-0.4, -0.2) is 19.6 Å². The van der Waals surface area contributed by atoms with Crippen LogP contribution in [0.2, 0.25) is 0 Å². The monoisotopic (exact) mass is 436 g/mol. The van der Waals surface area contributed by atoms with E-state index in [4.69, 9.17) is 9.57 Å². The van der Waals surface area contributed by atoms with E-state index in [2.05, 4.69) is 0 Å². The fraction of sp³-hybridized carbons (Fsp3) is 0.167. The Labute approximate surface area is 182 Å². The second-order valence-corrected chi connectivity index (χ2v) is 8.81. The van der Waals surface area contributed by atoms with Crippen LogP contribution in [0.4, 0.5) is 5.69 Å².